The zero-order valence-corrected chi connectivity index (χ0v) is 15.8. The standard InChI is InChI=1S/C18H20N2O4S2/c21-17(16-7-4-10-25-16)19-15(13-14-5-2-1-3-6-14)18(22)20-8-11-26(23,24)12-9-20/h1-7,10,15H,8-9,11-13H2,(H,19,21). The number of benzene rings is 1. The SMILES string of the molecule is O=C(NC(Cc1ccccc1)C(=O)N1CCS(=O)(=O)CC1)c1cccs1. The number of thiophene rings is 1. The molecule has 0 aliphatic carbocycles. The van der Waals surface area contributed by atoms with Crippen LogP contribution in [0.15, 0.2) is 47.8 Å². The van der Waals surface area contributed by atoms with Crippen molar-refractivity contribution in [3.63, 3.8) is 0 Å². The van der Waals surface area contributed by atoms with Crippen LogP contribution in [0.4, 0.5) is 0 Å². The summed E-state index contributed by atoms with van der Waals surface area (Å²) in [4.78, 5) is 27.4. The molecule has 1 unspecified atom stereocenters. The quantitative estimate of drug-likeness (QED) is 0.833. The number of carbonyl (C=O) groups is 2. The van der Waals surface area contributed by atoms with Gasteiger partial charge in [-0.25, -0.2) is 8.42 Å². The average molecular weight is 393 g/mol. The molecule has 1 aromatic carbocycles. The first kappa shape index (κ1) is 18.6. The summed E-state index contributed by atoms with van der Waals surface area (Å²) in [6, 6.07) is 12.2. The zero-order valence-electron chi connectivity index (χ0n) is 14.1. The van der Waals surface area contributed by atoms with Crippen molar-refractivity contribution in [3.8, 4) is 0 Å². The number of carbonyl (C=O) groups excluding carboxylic acids is 2. The predicted molar refractivity (Wildman–Crippen MR) is 101 cm³/mol. The van der Waals surface area contributed by atoms with Crippen LogP contribution >= 0.6 is 11.3 Å². The third kappa shape index (κ3) is 4.70. The lowest BCUT2D eigenvalue weighted by Crippen LogP contribution is -2.53. The van der Waals surface area contributed by atoms with Crippen molar-refractivity contribution in [2.45, 2.75) is 12.5 Å². The van der Waals surface area contributed by atoms with Gasteiger partial charge >= 0.3 is 0 Å². The lowest BCUT2D eigenvalue weighted by atomic mass is 10.0. The van der Waals surface area contributed by atoms with Crippen LogP contribution in [-0.4, -0.2) is 55.8 Å². The minimum atomic E-state index is -3.07. The normalized spacial score (nSPS) is 17.5. The molecule has 0 radical (unpaired) electrons. The molecule has 0 bridgehead atoms. The number of rotatable bonds is 5. The first-order valence-electron chi connectivity index (χ1n) is 8.32. The summed E-state index contributed by atoms with van der Waals surface area (Å²) in [5.74, 6) is -0.599. The van der Waals surface area contributed by atoms with Gasteiger partial charge in [-0.15, -0.1) is 11.3 Å². The third-order valence-corrected chi connectivity index (χ3v) is 6.76. The maximum Gasteiger partial charge on any atom is 0.262 e. The van der Waals surface area contributed by atoms with E-state index in [0.29, 0.717) is 11.3 Å². The minimum Gasteiger partial charge on any atom is -0.339 e. The molecule has 1 saturated heterocycles. The zero-order chi connectivity index (χ0) is 18.6. The molecule has 6 nitrogen and oxygen atoms in total. The van der Waals surface area contributed by atoms with Crippen LogP contribution in [0.3, 0.4) is 0 Å². The molecule has 138 valence electrons. The van der Waals surface area contributed by atoms with Crippen LogP contribution in [0.25, 0.3) is 0 Å². The highest BCUT2D eigenvalue weighted by Crippen LogP contribution is 2.13. The van der Waals surface area contributed by atoms with Gasteiger partial charge in [-0.05, 0) is 17.0 Å². The second-order valence-electron chi connectivity index (χ2n) is 6.17. The summed E-state index contributed by atoms with van der Waals surface area (Å²) < 4.78 is 23.2. The van der Waals surface area contributed by atoms with E-state index in [4.69, 9.17) is 0 Å². The van der Waals surface area contributed by atoms with Crippen molar-refractivity contribution < 1.29 is 18.0 Å². The lowest BCUT2D eigenvalue weighted by Gasteiger charge is -2.30. The van der Waals surface area contributed by atoms with Crippen molar-refractivity contribution >= 4 is 33.0 Å². The Morgan fingerprint density at radius 1 is 1.08 bits per heavy atom. The van der Waals surface area contributed by atoms with Gasteiger partial charge < -0.3 is 10.2 Å². The van der Waals surface area contributed by atoms with Crippen molar-refractivity contribution in [1.29, 1.82) is 0 Å². The van der Waals surface area contributed by atoms with Crippen LogP contribution in [0.2, 0.25) is 0 Å². The van der Waals surface area contributed by atoms with Crippen LogP contribution in [0, 0.1) is 0 Å². The Morgan fingerprint density at radius 3 is 2.38 bits per heavy atom. The molecule has 1 N–H and O–H groups in total. The monoisotopic (exact) mass is 392 g/mol. The molecule has 2 amide bonds. The molecule has 0 spiro atoms. The van der Waals surface area contributed by atoms with E-state index < -0.39 is 15.9 Å². The number of nitrogens with one attached hydrogen (secondary N) is 1. The molecule has 1 aliphatic heterocycles. The van der Waals surface area contributed by atoms with E-state index in [1.54, 1.807) is 17.5 Å². The van der Waals surface area contributed by atoms with E-state index in [9.17, 15) is 18.0 Å². The highest BCUT2D eigenvalue weighted by atomic mass is 32.2. The smallest absolute Gasteiger partial charge is 0.262 e. The first-order valence-corrected chi connectivity index (χ1v) is 11.0. The Bertz CT molecular complexity index is 850. The molecular formula is C18H20N2O4S2. The van der Waals surface area contributed by atoms with Crippen LogP contribution in [-0.2, 0) is 21.1 Å². The lowest BCUT2D eigenvalue weighted by molar-refractivity contribution is -0.132. The van der Waals surface area contributed by atoms with Gasteiger partial charge in [0.05, 0.1) is 16.4 Å². The van der Waals surface area contributed by atoms with Crippen molar-refractivity contribution in [2.75, 3.05) is 24.6 Å². The fraction of sp³-hybridized carbons (Fsp3) is 0.333. The summed E-state index contributed by atoms with van der Waals surface area (Å²) in [6.45, 7) is 0.336. The van der Waals surface area contributed by atoms with E-state index in [1.165, 1.54) is 16.2 Å². The van der Waals surface area contributed by atoms with Gasteiger partial charge in [-0.3, -0.25) is 9.59 Å². The van der Waals surface area contributed by atoms with Crippen molar-refractivity contribution in [2.24, 2.45) is 0 Å². The summed E-state index contributed by atoms with van der Waals surface area (Å²) >= 11 is 1.31. The largest absolute Gasteiger partial charge is 0.339 e. The number of amides is 2. The van der Waals surface area contributed by atoms with E-state index in [-0.39, 0.29) is 36.4 Å². The molecule has 1 fully saturated rings. The molecule has 1 aliphatic rings. The van der Waals surface area contributed by atoms with E-state index in [0.717, 1.165) is 5.56 Å². The molecule has 1 aromatic heterocycles. The fourth-order valence-electron chi connectivity index (χ4n) is 2.84. The second-order valence-corrected chi connectivity index (χ2v) is 9.42. The summed E-state index contributed by atoms with van der Waals surface area (Å²) in [6.07, 6.45) is 0.361. The molecule has 2 heterocycles. The maximum absolute atomic E-state index is 12.9. The topological polar surface area (TPSA) is 83.6 Å². The Kier molecular flexibility index (Phi) is 5.73. The molecule has 3 rings (SSSR count). The van der Waals surface area contributed by atoms with Crippen molar-refractivity contribution in [1.82, 2.24) is 10.2 Å². The Hall–Kier alpha value is -2.19. The van der Waals surface area contributed by atoms with Gasteiger partial charge in [-0.2, -0.15) is 0 Å². The minimum absolute atomic E-state index is 0.0321. The van der Waals surface area contributed by atoms with Crippen LogP contribution in [0.1, 0.15) is 15.2 Å². The molecular weight excluding hydrogens is 372 g/mol. The maximum atomic E-state index is 12.9. The van der Waals surface area contributed by atoms with E-state index >= 15 is 0 Å². The first-order chi connectivity index (χ1) is 12.4. The highest BCUT2D eigenvalue weighted by Gasteiger charge is 2.31. The van der Waals surface area contributed by atoms with Gasteiger partial charge in [0.1, 0.15) is 6.04 Å². The van der Waals surface area contributed by atoms with E-state index in [1.807, 2.05) is 30.3 Å². The Balaban J connectivity index is 1.75. The van der Waals surface area contributed by atoms with Gasteiger partial charge in [0, 0.05) is 19.5 Å². The van der Waals surface area contributed by atoms with Crippen LogP contribution < -0.4 is 5.32 Å². The third-order valence-electron chi connectivity index (χ3n) is 4.29. The molecule has 2 aromatic rings. The molecule has 1 atom stereocenters. The van der Waals surface area contributed by atoms with E-state index in [2.05, 4.69) is 5.32 Å². The number of hydrogen-bond donors (Lipinski definition) is 1. The summed E-state index contributed by atoms with van der Waals surface area (Å²) in [5, 5.41) is 4.62. The van der Waals surface area contributed by atoms with Gasteiger partial charge in [0.25, 0.3) is 5.91 Å². The average Bonchev–Trinajstić information content (AvgIpc) is 3.16. The molecule has 26 heavy (non-hydrogen) atoms. The summed E-state index contributed by atoms with van der Waals surface area (Å²) in [7, 11) is -3.07. The number of hydrogen-bond acceptors (Lipinski definition) is 5. The number of nitrogens with zero attached hydrogens (tertiary/aromatic N) is 1. The fourth-order valence-corrected chi connectivity index (χ4v) is 4.67. The van der Waals surface area contributed by atoms with Crippen LogP contribution in [0.5, 0.6) is 0 Å². The highest BCUT2D eigenvalue weighted by molar-refractivity contribution is 7.91. The van der Waals surface area contributed by atoms with Gasteiger partial charge in [-0.1, -0.05) is 36.4 Å². The molecule has 8 heteroatoms. The molecule has 0 saturated carbocycles. The summed E-state index contributed by atoms with van der Waals surface area (Å²) in [5.41, 5.74) is 0.932. The Morgan fingerprint density at radius 2 is 1.77 bits per heavy atom. The van der Waals surface area contributed by atoms with Crippen molar-refractivity contribution in [3.05, 3.63) is 58.3 Å². The predicted octanol–water partition coefficient (Wildman–Crippen LogP) is 1.35. The Labute approximate surface area is 156 Å². The van der Waals surface area contributed by atoms with Gasteiger partial charge in [0.2, 0.25) is 5.91 Å². The van der Waals surface area contributed by atoms with Gasteiger partial charge in [0.15, 0.2) is 9.84 Å². The second kappa shape index (κ2) is 8.01. The number of sulfone groups is 1.